The predicted molar refractivity (Wildman–Crippen MR) is 137 cm³/mol. The maximum absolute atomic E-state index is 12.0. The van der Waals surface area contributed by atoms with Gasteiger partial charge in [-0.3, -0.25) is 14.4 Å². The molecule has 37 heavy (non-hydrogen) atoms. The van der Waals surface area contributed by atoms with E-state index in [2.05, 4.69) is 4.85 Å². The van der Waals surface area contributed by atoms with Crippen LogP contribution in [0.1, 0.15) is 23.6 Å². The van der Waals surface area contributed by atoms with Gasteiger partial charge in [0.1, 0.15) is 18.3 Å². The fraction of sp³-hybridized carbons (Fsp3) is 0.333. The van der Waals surface area contributed by atoms with Gasteiger partial charge in [-0.25, -0.2) is 6.57 Å². The molecule has 4 rings (SSSR count). The van der Waals surface area contributed by atoms with Gasteiger partial charge in [0.15, 0.2) is 0 Å². The third-order valence-corrected chi connectivity index (χ3v) is 6.00. The second kappa shape index (κ2) is 13.7. The van der Waals surface area contributed by atoms with Gasteiger partial charge in [-0.2, -0.15) is 0 Å². The van der Waals surface area contributed by atoms with Crippen molar-refractivity contribution in [3.8, 4) is 0 Å². The average molecular weight is 502 g/mol. The van der Waals surface area contributed by atoms with Crippen molar-refractivity contribution in [2.75, 3.05) is 6.61 Å². The van der Waals surface area contributed by atoms with Gasteiger partial charge >= 0.3 is 12.2 Å². The summed E-state index contributed by atoms with van der Waals surface area (Å²) < 4.78 is 30.4. The Morgan fingerprint density at radius 3 is 1.73 bits per heavy atom. The molecule has 3 aromatic carbocycles. The van der Waals surface area contributed by atoms with E-state index in [1.165, 1.54) is 6.92 Å². The number of carbonyl (C=O) groups is 1. The van der Waals surface area contributed by atoms with E-state index in [0.29, 0.717) is 13.2 Å². The molecule has 0 aliphatic carbocycles. The molecule has 5 atom stereocenters. The second-order valence-corrected chi connectivity index (χ2v) is 8.79. The lowest BCUT2D eigenvalue weighted by molar-refractivity contribution is -0.257. The zero-order valence-corrected chi connectivity index (χ0v) is 20.8. The molecular weight excluding hydrogens is 470 g/mol. The Bertz CT molecular complexity index is 1130. The Morgan fingerprint density at radius 2 is 1.24 bits per heavy atom. The Balaban J connectivity index is 1.57. The monoisotopic (exact) mass is 501 g/mol. The number of rotatable bonds is 11. The third kappa shape index (κ3) is 7.72. The fourth-order valence-electron chi connectivity index (χ4n) is 4.24. The van der Waals surface area contributed by atoms with E-state index in [0.717, 1.165) is 16.7 Å². The van der Waals surface area contributed by atoms with Crippen LogP contribution in [0.3, 0.4) is 0 Å². The highest BCUT2D eigenvalue weighted by molar-refractivity contribution is 5.66. The van der Waals surface area contributed by atoms with Crippen LogP contribution in [0.5, 0.6) is 0 Å². The molecule has 1 heterocycles. The molecule has 0 spiro atoms. The smallest absolute Gasteiger partial charge is 0.367 e. The zero-order chi connectivity index (χ0) is 25.9. The highest BCUT2D eigenvalue weighted by atomic mass is 16.6. The molecule has 0 saturated carbocycles. The molecule has 1 saturated heterocycles. The first-order chi connectivity index (χ1) is 18.1. The number of esters is 1. The predicted octanol–water partition coefficient (Wildman–Crippen LogP) is 4.95. The minimum absolute atomic E-state index is 0.179. The first-order valence-electron chi connectivity index (χ1n) is 12.3. The van der Waals surface area contributed by atoms with E-state index in [1.54, 1.807) is 0 Å². The number of benzene rings is 3. The summed E-state index contributed by atoms with van der Waals surface area (Å²) >= 11 is 0. The number of carbonyl (C=O) groups excluding carboxylic acids is 1. The highest BCUT2D eigenvalue weighted by Crippen LogP contribution is 2.31. The van der Waals surface area contributed by atoms with Crippen molar-refractivity contribution >= 4 is 5.97 Å². The molecule has 1 aliphatic heterocycles. The maximum atomic E-state index is 12.0. The van der Waals surface area contributed by atoms with Crippen molar-refractivity contribution in [1.82, 2.24) is 0 Å². The van der Waals surface area contributed by atoms with Gasteiger partial charge < -0.3 is 18.9 Å². The van der Waals surface area contributed by atoms with Crippen LogP contribution >= 0.6 is 0 Å². The molecular formula is C30H31NO6. The fourth-order valence-corrected chi connectivity index (χ4v) is 4.24. The van der Waals surface area contributed by atoms with Crippen molar-refractivity contribution in [1.29, 1.82) is 0 Å². The normalized spacial score (nSPS) is 23.2. The average Bonchev–Trinajstić information content (AvgIpc) is 2.93. The number of ether oxygens (including phenoxy) is 5. The summed E-state index contributed by atoms with van der Waals surface area (Å²) in [6, 6.07) is 29.3. The first kappa shape index (κ1) is 26.5. The van der Waals surface area contributed by atoms with E-state index in [9.17, 15) is 4.79 Å². The molecule has 0 radical (unpaired) electrons. The summed E-state index contributed by atoms with van der Waals surface area (Å²) in [6.45, 7) is 10.2. The molecule has 1 fully saturated rings. The minimum Gasteiger partial charge on any atom is -0.448 e. The van der Waals surface area contributed by atoms with Crippen molar-refractivity contribution in [3.05, 3.63) is 119 Å². The van der Waals surface area contributed by atoms with Crippen LogP contribution in [0.15, 0.2) is 91.0 Å². The van der Waals surface area contributed by atoms with Gasteiger partial charge in [-0.1, -0.05) is 91.0 Å². The van der Waals surface area contributed by atoms with Crippen molar-refractivity contribution in [3.63, 3.8) is 0 Å². The molecule has 0 N–H and O–H groups in total. The van der Waals surface area contributed by atoms with E-state index < -0.39 is 36.6 Å². The van der Waals surface area contributed by atoms with E-state index in [-0.39, 0.29) is 13.2 Å². The Labute approximate surface area is 217 Å². The topological polar surface area (TPSA) is 67.6 Å². The van der Waals surface area contributed by atoms with Gasteiger partial charge in [-0.05, 0) is 16.7 Å². The number of hydrogen-bond acceptors (Lipinski definition) is 6. The number of hydrogen-bond donors (Lipinski definition) is 0. The molecule has 3 aromatic rings. The van der Waals surface area contributed by atoms with Crippen LogP contribution < -0.4 is 0 Å². The molecule has 0 amide bonds. The molecule has 7 heteroatoms. The lowest BCUT2D eigenvalue weighted by atomic mass is 9.97. The lowest BCUT2D eigenvalue weighted by Crippen LogP contribution is -2.60. The zero-order valence-electron chi connectivity index (χ0n) is 20.8. The van der Waals surface area contributed by atoms with Gasteiger partial charge in [0.25, 0.3) is 0 Å². The minimum atomic E-state index is -1.05. The summed E-state index contributed by atoms with van der Waals surface area (Å²) in [7, 11) is 0. The largest absolute Gasteiger partial charge is 0.448 e. The van der Waals surface area contributed by atoms with Gasteiger partial charge in [-0.15, -0.1) is 0 Å². The van der Waals surface area contributed by atoms with Crippen LogP contribution in [-0.2, 0) is 48.3 Å². The van der Waals surface area contributed by atoms with Crippen molar-refractivity contribution in [2.24, 2.45) is 0 Å². The van der Waals surface area contributed by atoms with E-state index in [4.69, 9.17) is 30.3 Å². The summed E-state index contributed by atoms with van der Waals surface area (Å²) in [6.07, 6.45) is -4.01. The van der Waals surface area contributed by atoms with Crippen molar-refractivity contribution < 1.29 is 28.5 Å². The van der Waals surface area contributed by atoms with Gasteiger partial charge in [0.05, 0.1) is 26.4 Å². The molecule has 192 valence electrons. The van der Waals surface area contributed by atoms with E-state index >= 15 is 0 Å². The molecule has 0 unspecified atom stereocenters. The van der Waals surface area contributed by atoms with Gasteiger partial charge in [0, 0.05) is 6.92 Å². The van der Waals surface area contributed by atoms with Crippen LogP contribution in [0.2, 0.25) is 0 Å². The molecule has 0 bridgehead atoms. The molecule has 1 aliphatic rings. The Kier molecular flexibility index (Phi) is 9.81. The quantitative estimate of drug-likeness (QED) is 0.274. The summed E-state index contributed by atoms with van der Waals surface area (Å²) in [4.78, 5) is 15.6. The second-order valence-electron chi connectivity index (χ2n) is 8.79. The van der Waals surface area contributed by atoms with Crippen LogP contribution in [0, 0.1) is 6.57 Å². The van der Waals surface area contributed by atoms with Crippen LogP contribution in [0.25, 0.3) is 4.85 Å². The van der Waals surface area contributed by atoms with Gasteiger partial charge in [0.2, 0.25) is 6.10 Å². The highest BCUT2D eigenvalue weighted by Gasteiger charge is 2.53. The third-order valence-electron chi connectivity index (χ3n) is 6.00. The standard InChI is InChI=1S/C30H31NO6/c1-22(32)36-29-28(35-20-25-16-10-5-11-17-25)27(34-19-24-14-8-4-9-15-24)26(37-30(29)31-2)21-33-18-23-12-6-3-7-13-23/h3-17,26-30H,18-21H2,1H3/t26-,27-,28+,29+,30+/m1/s1. The van der Waals surface area contributed by atoms with Crippen LogP contribution in [0.4, 0.5) is 0 Å². The summed E-state index contributed by atoms with van der Waals surface area (Å²) in [5.74, 6) is -0.517. The number of nitrogens with zero attached hydrogens (tertiary/aromatic N) is 1. The summed E-state index contributed by atoms with van der Waals surface area (Å²) in [5.41, 5.74) is 2.95. The Morgan fingerprint density at radius 1 is 0.757 bits per heavy atom. The molecule has 7 nitrogen and oxygen atoms in total. The maximum Gasteiger partial charge on any atom is 0.367 e. The molecule has 0 aromatic heterocycles. The first-order valence-corrected chi connectivity index (χ1v) is 12.3. The SMILES string of the molecule is [C-]#[N+][C@H]1O[C@H](COCc2ccccc2)[C@@H](OCc2ccccc2)[C@H](OCc2ccccc2)[C@@H]1OC(C)=O. The Hall–Kier alpha value is -3.54. The van der Waals surface area contributed by atoms with Crippen molar-refractivity contribution in [2.45, 2.75) is 57.4 Å². The summed E-state index contributed by atoms with van der Waals surface area (Å²) in [5, 5.41) is 0. The lowest BCUT2D eigenvalue weighted by Gasteiger charge is -2.41. The van der Waals surface area contributed by atoms with Crippen LogP contribution in [-0.4, -0.2) is 43.2 Å². The van der Waals surface area contributed by atoms with E-state index in [1.807, 2.05) is 91.0 Å².